The van der Waals surface area contributed by atoms with E-state index in [9.17, 15) is 19.2 Å². The largest absolute Gasteiger partial charge is 0.329 e. The highest BCUT2D eigenvalue weighted by atomic mass is 16.2. The topological polar surface area (TPSA) is 120 Å². The van der Waals surface area contributed by atoms with Gasteiger partial charge >= 0.3 is 0 Å². The Morgan fingerprint density at radius 1 is 0.955 bits per heavy atom. The van der Waals surface area contributed by atoms with Crippen molar-refractivity contribution in [2.24, 2.45) is 11.8 Å². The highest BCUT2D eigenvalue weighted by molar-refractivity contribution is 6.06. The van der Waals surface area contributed by atoms with E-state index in [-0.39, 0.29) is 41.9 Å². The first-order valence-corrected chi connectivity index (χ1v) is 15.5. The number of carbonyl (C=O) groups is 4. The molecule has 2 heterocycles. The maximum atomic E-state index is 13.9. The van der Waals surface area contributed by atoms with Crippen LogP contribution in [-0.2, 0) is 50.5 Å². The van der Waals surface area contributed by atoms with E-state index < -0.39 is 5.41 Å². The van der Waals surface area contributed by atoms with Crippen LogP contribution in [-0.4, -0.2) is 47.0 Å². The summed E-state index contributed by atoms with van der Waals surface area (Å²) < 4.78 is 0. The molecular weight excluding hydrogens is 554 g/mol. The lowest BCUT2D eigenvalue weighted by atomic mass is 9.79. The molecule has 1 fully saturated rings. The fraction of sp³-hybridized carbons (Fsp3) is 0.400. The van der Waals surface area contributed by atoms with Crippen LogP contribution in [0.2, 0.25) is 0 Å². The third-order valence-corrected chi connectivity index (χ3v) is 9.61. The van der Waals surface area contributed by atoms with E-state index in [4.69, 9.17) is 0 Å². The first kappa shape index (κ1) is 29.7. The van der Waals surface area contributed by atoms with Crippen molar-refractivity contribution in [1.29, 1.82) is 0 Å². The van der Waals surface area contributed by atoms with Crippen molar-refractivity contribution in [1.82, 2.24) is 15.2 Å². The van der Waals surface area contributed by atoms with Crippen molar-refractivity contribution in [2.75, 3.05) is 24.2 Å². The van der Waals surface area contributed by atoms with Gasteiger partial charge in [-0.05, 0) is 92.9 Å². The second kappa shape index (κ2) is 12.3. The molecule has 0 saturated heterocycles. The van der Waals surface area contributed by atoms with Crippen molar-refractivity contribution in [3.05, 3.63) is 88.6 Å². The van der Waals surface area contributed by atoms with Gasteiger partial charge in [0.25, 0.3) is 0 Å². The molecule has 44 heavy (non-hydrogen) atoms. The molecule has 2 aromatic carbocycles. The number of Topliss-reactive ketones (excluding diaryl/α,β-unsaturated/α-hetero) is 1. The van der Waals surface area contributed by atoms with E-state index in [0.717, 1.165) is 27.8 Å². The molecule has 1 aromatic heterocycles. The fourth-order valence-electron chi connectivity index (χ4n) is 7.22. The van der Waals surface area contributed by atoms with E-state index in [0.29, 0.717) is 63.1 Å². The van der Waals surface area contributed by atoms with Gasteiger partial charge in [0.15, 0.2) is 0 Å². The molecule has 228 valence electrons. The lowest BCUT2D eigenvalue weighted by Gasteiger charge is -2.31. The Balaban J connectivity index is 1.18. The molecule has 3 amide bonds. The van der Waals surface area contributed by atoms with Crippen LogP contribution < -0.4 is 16.0 Å². The van der Waals surface area contributed by atoms with E-state index >= 15 is 0 Å². The molecule has 3 aliphatic rings. The second-order valence-electron chi connectivity index (χ2n) is 12.5. The summed E-state index contributed by atoms with van der Waals surface area (Å²) in [5, 5.41) is 9.13. The summed E-state index contributed by atoms with van der Waals surface area (Å²) in [4.78, 5) is 58.4. The minimum Gasteiger partial charge on any atom is -0.329 e. The standard InChI is InChI=1S/C35H39N5O4/c1-22(41)23-9-11-24(12-10-23)33(43)40(20-27-7-4-3-6-26(27)19-36-2)21-31(42)38-29-14-13-25-17-35(18-28(25)16-29)30-8-5-15-37-32(30)39-34(35)44/h3-8,13-16,23-24,36H,9-12,17-21H2,1-2H3,(H,38,42)(H,37,39,44). The number of carbonyl (C=O) groups excluding carboxylic acids is 4. The zero-order chi connectivity index (χ0) is 30.8. The maximum absolute atomic E-state index is 13.9. The molecule has 3 aromatic rings. The van der Waals surface area contributed by atoms with Gasteiger partial charge in [-0.3, -0.25) is 19.2 Å². The monoisotopic (exact) mass is 593 g/mol. The van der Waals surface area contributed by atoms with E-state index in [2.05, 4.69) is 20.9 Å². The Morgan fingerprint density at radius 3 is 2.43 bits per heavy atom. The number of hydrogen-bond acceptors (Lipinski definition) is 6. The van der Waals surface area contributed by atoms with E-state index in [1.165, 1.54) is 0 Å². The van der Waals surface area contributed by atoms with Crippen LogP contribution in [0.25, 0.3) is 0 Å². The Hall–Kier alpha value is -4.37. The fourth-order valence-corrected chi connectivity index (χ4v) is 7.22. The van der Waals surface area contributed by atoms with Crippen LogP contribution in [0.3, 0.4) is 0 Å². The third kappa shape index (κ3) is 5.76. The zero-order valence-electron chi connectivity index (χ0n) is 25.3. The summed E-state index contributed by atoms with van der Waals surface area (Å²) >= 11 is 0. The van der Waals surface area contributed by atoms with Gasteiger partial charge in [0.2, 0.25) is 17.7 Å². The lowest BCUT2D eigenvalue weighted by Crippen LogP contribution is -2.42. The number of fused-ring (bicyclic) bond motifs is 3. The number of anilines is 2. The summed E-state index contributed by atoms with van der Waals surface area (Å²) in [5.41, 5.74) is 5.04. The van der Waals surface area contributed by atoms with E-state index in [1.807, 2.05) is 61.6 Å². The summed E-state index contributed by atoms with van der Waals surface area (Å²) in [6.45, 7) is 2.52. The van der Waals surface area contributed by atoms with Gasteiger partial charge in [-0.15, -0.1) is 0 Å². The number of ketones is 1. The van der Waals surface area contributed by atoms with Crippen LogP contribution in [0.4, 0.5) is 11.5 Å². The number of rotatable bonds is 9. The number of aromatic nitrogens is 1. The number of nitrogens with one attached hydrogen (secondary N) is 3. The Kier molecular flexibility index (Phi) is 8.31. The normalized spacial score (nSPS) is 21.8. The molecule has 1 saturated carbocycles. The highest BCUT2D eigenvalue weighted by Gasteiger charge is 2.51. The maximum Gasteiger partial charge on any atom is 0.244 e. The molecular formula is C35H39N5O4. The van der Waals surface area contributed by atoms with Gasteiger partial charge in [0.05, 0.1) is 5.41 Å². The zero-order valence-corrected chi connectivity index (χ0v) is 25.3. The highest BCUT2D eigenvalue weighted by Crippen LogP contribution is 2.47. The van der Waals surface area contributed by atoms with Gasteiger partial charge in [0.1, 0.15) is 18.1 Å². The number of hydrogen-bond donors (Lipinski definition) is 3. The van der Waals surface area contributed by atoms with Crippen molar-refractivity contribution < 1.29 is 19.2 Å². The second-order valence-corrected chi connectivity index (χ2v) is 12.5. The van der Waals surface area contributed by atoms with Gasteiger partial charge in [0, 0.05) is 42.4 Å². The number of benzene rings is 2. The van der Waals surface area contributed by atoms with Crippen LogP contribution in [0.15, 0.2) is 60.8 Å². The SMILES string of the molecule is CNCc1ccccc1CN(CC(=O)Nc1ccc2c(c1)CC1(C2)C(=O)Nc2ncccc21)C(=O)C1CCC(C(C)=O)CC1. The molecule has 0 bridgehead atoms. The Bertz CT molecular complexity index is 1610. The third-order valence-electron chi connectivity index (χ3n) is 9.61. The predicted octanol–water partition coefficient (Wildman–Crippen LogP) is 4.15. The molecule has 3 N–H and O–H groups in total. The summed E-state index contributed by atoms with van der Waals surface area (Å²) in [5.74, 6) is 0.252. The average Bonchev–Trinajstić information content (AvgIpc) is 3.54. The van der Waals surface area contributed by atoms with Gasteiger partial charge < -0.3 is 20.9 Å². The minimum atomic E-state index is -0.681. The van der Waals surface area contributed by atoms with Crippen LogP contribution in [0.1, 0.15) is 60.4 Å². The van der Waals surface area contributed by atoms with Gasteiger partial charge in [-0.25, -0.2) is 4.98 Å². The number of amides is 3. The van der Waals surface area contributed by atoms with Crippen LogP contribution in [0, 0.1) is 11.8 Å². The average molecular weight is 594 g/mol. The van der Waals surface area contributed by atoms with Gasteiger partial charge in [-0.2, -0.15) is 0 Å². The number of nitrogens with zero attached hydrogens (tertiary/aromatic N) is 2. The molecule has 0 radical (unpaired) electrons. The molecule has 2 aliphatic carbocycles. The van der Waals surface area contributed by atoms with Crippen molar-refractivity contribution in [3.8, 4) is 0 Å². The molecule has 9 nitrogen and oxygen atoms in total. The van der Waals surface area contributed by atoms with Crippen molar-refractivity contribution in [3.63, 3.8) is 0 Å². The Labute approximate surface area is 257 Å². The number of pyridine rings is 1. The predicted molar refractivity (Wildman–Crippen MR) is 168 cm³/mol. The summed E-state index contributed by atoms with van der Waals surface area (Å²) in [7, 11) is 1.88. The van der Waals surface area contributed by atoms with Crippen molar-refractivity contribution in [2.45, 2.75) is 64.0 Å². The van der Waals surface area contributed by atoms with Gasteiger partial charge in [-0.1, -0.05) is 36.4 Å². The van der Waals surface area contributed by atoms with Crippen LogP contribution in [0.5, 0.6) is 0 Å². The summed E-state index contributed by atoms with van der Waals surface area (Å²) in [6, 6.07) is 17.6. The Morgan fingerprint density at radius 2 is 1.68 bits per heavy atom. The van der Waals surface area contributed by atoms with Crippen molar-refractivity contribution >= 4 is 35.0 Å². The summed E-state index contributed by atoms with van der Waals surface area (Å²) in [6.07, 6.45) is 5.51. The molecule has 9 heteroatoms. The minimum absolute atomic E-state index is 0.0196. The first-order valence-electron chi connectivity index (χ1n) is 15.5. The smallest absolute Gasteiger partial charge is 0.244 e. The molecule has 1 atom stereocenters. The quantitative estimate of drug-likeness (QED) is 0.343. The van der Waals surface area contributed by atoms with Crippen LogP contribution >= 0.6 is 0 Å². The molecule has 1 unspecified atom stereocenters. The molecule has 6 rings (SSSR count). The molecule has 1 aliphatic heterocycles. The van der Waals surface area contributed by atoms with E-state index in [1.54, 1.807) is 18.0 Å². The first-order chi connectivity index (χ1) is 21.3. The molecule has 1 spiro atoms. The lowest BCUT2D eigenvalue weighted by molar-refractivity contribution is -0.140.